The Morgan fingerprint density at radius 1 is 1.18 bits per heavy atom. The molecule has 5 nitrogen and oxygen atoms in total. The monoisotopic (exact) mass is 298 g/mol. The minimum absolute atomic E-state index is 0.126. The van der Waals surface area contributed by atoms with E-state index < -0.39 is 0 Å². The Morgan fingerprint density at radius 3 is 2.59 bits per heavy atom. The first-order valence-electron chi connectivity index (χ1n) is 7.59. The maximum atomic E-state index is 11.8. The Morgan fingerprint density at radius 2 is 1.91 bits per heavy atom. The molecule has 0 bridgehead atoms. The van der Waals surface area contributed by atoms with Gasteiger partial charge in [0.25, 0.3) is 5.91 Å². The third kappa shape index (κ3) is 4.55. The number of hydrogen-bond donors (Lipinski definition) is 2. The van der Waals surface area contributed by atoms with Crippen molar-refractivity contribution in [1.29, 1.82) is 0 Å². The fourth-order valence-electron chi connectivity index (χ4n) is 2.00. The average Bonchev–Trinajstić information content (AvgIpc) is 2.55. The van der Waals surface area contributed by atoms with Gasteiger partial charge in [0, 0.05) is 25.5 Å². The van der Waals surface area contributed by atoms with Crippen LogP contribution in [-0.4, -0.2) is 22.4 Å². The van der Waals surface area contributed by atoms with Crippen molar-refractivity contribution >= 4 is 11.9 Å². The van der Waals surface area contributed by atoms with Gasteiger partial charge in [-0.25, -0.2) is 9.97 Å². The van der Waals surface area contributed by atoms with Crippen LogP contribution in [-0.2, 0) is 6.54 Å². The lowest BCUT2D eigenvalue weighted by molar-refractivity contribution is 0.0952. The van der Waals surface area contributed by atoms with E-state index in [1.165, 1.54) is 11.1 Å². The second-order valence-corrected chi connectivity index (χ2v) is 5.18. The van der Waals surface area contributed by atoms with Crippen LogP contribution in [0.5, 0.6) is 0 Å². The fraction of sp³-hybridized carbons (Fsp3) is 0.353. The number of nitrogens with zero attached hydrogens (tertiary/aromatic N) is 2. The summed E-state index contributed by atoms with van der Waals surface area (Å²) in [6, 6.07) is 8.16. The molecule has 5 heteroatoms. The average molecular weight is 298 g/mol. The minimum atomic E-state index is -0.126. The van der Waals surface area contributed by atoms with E-state index in [1.54, 1.807) is 12.4 Å². The highest BCUT2D eigenvalue weighted by molar-refractivity contribution is 5.93. The number of aromatic nitrogens is 2. The van der Waals surface area contributed by atoms with Crippen molar-refractivity contribution in [3.8, 4) is 0 Å². The standard InChI is InChI=1S/C17H22N4O/c1-3-4-9-18-16(22)15-11-20-17(21-12-15)19-10-14-8-6-5-7-13(14)2/h5-8,11-12H,3-4,9-10H2,1-2H3,(H,18,22)(H,19,20,21). The molecule has 0 aliphatic carbocycles. The molecule has 0 radical (unpaired) electrons. The molecule has 0 aliphatic heterocycles. The Hall–Kier alpha value is -2.43. The van der Waals surface area contributed by atoms with Gasteiger partial charge in [-0.3, -0.25) is 4.79 Å². The first kappa shape index (κ1) is 15.9. The molecule has 0 saturated carbocycles. The quantitative estimate of drug-likeness (QED) is 0.771. The second kappa shape index (κ2) is 8.12. The number of anilines is 1. The minimum Gasteiger partial charge on any atom is -0.352 e. The zero-order valence-corrected chi connectivity index (χ0v) is 13.1. The molecule has 0 atom stereocenters. The van der Waals surface area contributed by atoms with Crippen molar-refractivity contribution in [3.05, 3.63) is 53.3 Å². The molecular weight excluding hydrogens is 276 g/mol. The third-order valence-corrected chi connectivity index (χ3v) is 3.43. The number of unbranched alkanes of at least 4 members (excludes halogenated alkanes) is 1. The van der Waals surface area contributed by atoms with E-state index >= 15 is 0 Å². The van der Waals surface area contributed by atoms with E-state index in [1.807, 2.05) is 12.1 Å². The summed E-state index contributed by atoms with van der Waals surface area (Å²) in [5, 5.41) is 6.01. The highest BCUT2D eigenvalue weighted by Gasteiger charge is 2.06. The molecular formula is C17H22N4O. The highest BCUT2D eigenvalue weighted by Crippen LogP contribution is 2.09. The van der Waals surface area contributed by atoms with Crippen molar-refractivity contribution in [2.75, 3.05) is 11.9 Å². The van der Waals surface area contributed by atoms with Crippen molar-refractivity contribution in [1.82, 2.24) is 15.3 Å². The van der Waals surface area contributed by atoms with E-state index in [4.69, 9.17) is 0 Å². The largest absolute Gasteiger partial charge is 0.352 e. The third-order valence-electron chi connectivity index (χ3n) is 3.43. The maximum Gasteiger partial charge on any atom is 0.254 e. The molecule has 1 heterocycles. The lowest BCUT2D eigenvalue weighted by Crippen LogP contribution is -2.24. The number of rotatable bonds is 7. The van der Waals surface area contributed by atoms with Crippen LogP contribution < -0.4 is 10.6 Å². The lowest BCUT2D eigenvalue weighted by Gasteiger charge is -2.08. The summed E-state index contributed by atoms with van der Waals surface area (Å²) in [6.45, 7) is 5.50. The summed E-state index contributed by atoms with van der Waals surface area (Å²) >= 11 is 0. The first-order valence-corrected chi connectivity index (χ1v) is 7.59. The molecule has 2 rings (SSSR count). The predicted molar refractivity (Wildman–Crippen MR) is 87.8 cm³/mol. The van der Waals surface area contributed by atoms with Gasteiger partial charge in [-0.1, -0.05) is 37.6 Å². The van der Waals surface area contributed by atoms with Crippen LogP contribution in [0.4, 0.5) is 5.95 Å². The molecule has 2 N–H and O–H groups in total. The van der Waals surface area contributed by atoms with Gasteiger partial charge in [0.15, 0.2) is 0 Å². The van der Waals surface area contributed by atoms with Gasteiger partial charge < -0.3 is 10.6 Å². The van der Waals surface area contributed by atoms with Crippen LogP contribution in [0.1, 0.15) is 41.3 Å². The summed E-state index contributed by atoms with van der Waals surface area (Å²) in [6.07, 6.45) is 5.13. The molecule has 1 amide bonds. The summed E-state index contributed by atoms with van der Waals surface area (Å²) in [7, 11) is 0. The Labute approximate surface area is 131 Å². The van der Waals surface area contributed by atoms with E-state index in [0.29, 0.717) is 24.6 Å². The van der Waals surface area contributed by atoms with E-state index in [2.05, 4.69) is 46.6 Å². The van der Waals surface area contributed by atoms with E-state index in [-0.39, 0.29) is 5.91 Å². The van der Waals surface area contributed by atoms with Gasteiger partial charge in [-0.05, 0) is 24.5 Å². The first-order chi connectivity index (χ1) is 10.7. The molecule has 0 saturated heterocycles. The van der Waals surface area contributed by atoms with Crippen LogP contribution >= 0.6 is 0 Å². The van der Waals surface area contributed by atoms with Gasteiger partial charge in [-0.2, -0.15) is 0 Å². The number of nitrogens with one attached hydrogen (secondary N) is 2. The smallest absolute Gasteiger partial charge is 0.254 e. The van der Waals surface area contributed by atoms with Crippen LogP contribution in [0, 0.1) is 6.92 Å². The number of benzene rings is 1. The van der Waals surface area contributed by atoms with Gasteiger partial charge >= 0.3 is 0 Å². The van der Waals surface area contributed by atoms with Crippen LogP contribution in [0.3, 0.4) is 0 Å². The highest BCUT2D eigenvalue weighted by atomic mass is 16.1. The maximum absolute atomic E-state index is 11.8. The Bertz CT molecular complexity index is 610. The van der Waals surface area contributed by atoms with Gasteiger partial charge in [0.2, 0.25) is 5.95 Å². The number of hydrogen-bond acceptors (Lipinski definition) is 4. The summed E-state index contributed by atoms with van der Waals surface area (Å²) in [5.41, 5.74) is 2.91. The number of aryl methyl sites for hydroxylation is 1. The van der Waals surface area contributed by atoms with E-state index in [0.717, 1.165) is 12.8 Å². The normalized spacial score (nSPS) is 10.3. The fourth-order valence-corrected chi connectivity index (χ4v) is 2.00. The molecule has 0 unspecified atom stereocenters. The SMILES string of the molecule is CCCCNC(=O)c1cnc(NCc2ccccc2C)nc1. The molecule has 116 valence electrons. The van der Waals surface area contributed by atoms with E-state index in [9.17, 15) is 4.79 Å². The Balaban J connectivity index is 1.89. The number of carbonyl (C=O) groups is 1. The molecule has 0 fully saturated rings. The van der Waals surface area contributed by atoms with Crippen LogP contribution in [0.25, 0.3) is 0 Å². The number of amides is 1. The second-order valence-electron chi connectivity index (χ2n) is 5.18. The van der Waals surface area contributed by atoms with Gasteiger partial charge in [0.1, 0.15) is 0 Å². The van der Waals surface area contributed by atoms with Crippen LogP contribution in [0.2, 0.25) is 0 Å². The van der Waals surface area contributed by atoms with Crippen LogP contribution in [0.15, 0.2) is 36.7 Å². The zero-order chi connectivity index (χ0) is 15.8. The van der Waals surface area contributed by atoms with Crippen molar-refractivity contribution in [2.45, 2.75) is 33.2 Å². The van der Waals surface area contributed by atoms with Crippen molar-refractivity contribution < 1.29 is 4.79 Å². The molecule has 22 heavy (non-hydrogen) atoms. The van der Waals surface area contributed by atoms with Crippen molar-refractivity contribution in [3.63, 3.8) is 0 Å². The summed E-state index contributed by atoms with van der Waals surface area (Å²) in [5.74, 6) is 0.396. The lowest BCUT2D eigenvalue weighted by atomic mass is 10.1. The molecule has 0 aliphatic rings. The zero-order valence-electron chi connectivity index (χ0n) is 13.1. The van der Waals surface area contributed by atoms with Gasteiger partial charge in [-0.15, -0.1) is 0 Å². The molecule has 1 aromatic heterocycles. The molecule has 2 aromatic rings. The molecule has 1 aromatic carbocycles. The summed E-state index contributed by atoms with van der Waals surface area (Å²) < 4.78 is 0. The molecule has 0 spiro atoms. The summed E-state index contributed by atoms with van der Waals surface area (Å²) in [4.78, 5) is 20.2. The van der Waals surface area contributed by atoms with Crippen molar-refractivity contribution in [2.24, 2.45) is 0 Å². The topological polar surface area (TPSA) is 66.9 Å². The predicted octanol–water partition coefficient (Wildman–Crippen LogP) is 2.93. The Kier molecular flexibility index (Phi) is 5.89. The number of carbonyl (C=O) groups excluding carboxylic acids is 1. The van der Waals surface area contributed by atoms with Gasteiger partial charge in [0.05, 0.1) is 5.56 Å².